The van der Waals surface area contributed by atoms with Gasteiger partial charge in [-0.2, -0.15) is 5.10 Å². The molecule has 0 aliphatic carbocycles. The second-order valence-corrected chi connectivity index (χ2v) is 5.18. The van der Waals surface area contributed by atoms with Gasteiger partial charge in [0.05, 0.1) is 9.95 Å². The molecule has 9 heteroatoms. The van der Waals surface area contributed by atoms with Crippen LogP contribution >= 0.6 is 11.6 Å². The normalized spacial score (nSPS) is 12.0. The highest BCUT2D eigenvalue weighted by molar-refractivity contribution is 6.30. The van der Waals surface area contributed by atoms with Gasteiger partial charge in [-0.05, 0) is 32.9 Å². The van der Waals surface area contributed by atoms with E-state index in [-0.39, 0.29) is 17.3 Å². The predicted octanol–water partition coefficient (Wildman–Crippen LogP) is 2.66. The quantitative estimate of drug-likeness (QED) is 0.688. The van der Waals surface area contributed by atoms with E-state index in [1.807, 2.05) is 0 Å². The zero-order chi connectivity index (χ0) is 16.4. The maximum Gasteiger partial charge on any atom is 0.312 e. The molecule has 0 aliphatic heterocycles. The minimum Gasteiger partial charge on any atom is -0.309 e. The van der Waals surface area contributed by atoms with E-state index in [4.69, 9.17) is 11.6 Å². The standard InChI is InChI=1S/C13H14ClN5O3/c1-7-12(19(21)22)8(2)18(17-7)9(3)13(20)16-11-5-4-10(14)6-15-11/h4-6,9H,1-3H3,(H,15,16,20)/t9-/m1/s1. The third kappa shape index (κ3) is 3.06. The molecular formula is C13H14ClN5O3. The summed E-state index contributed by atoms with van der Waals surface area (Å²) in [5.41, 5.74) is 0.519. The number of hydrogen-bond donors (Lipinski definition) is 1. The average molecular weight is 324 g/mol. The molecule has 0 fully saturated rings. The number of nitrogens with zero attached hydrogens (tertiary/aromatic N) is 4. The summed E-state index contributed by atoms with van der Waals surface area (Å²) < 4.78 is 1.33. The van der Waals surface area contributed by atoms with Crippen LogP contribution in [0.3, 0.4) is 0 Å². The van der Waals surface area contributed by atoms with Crippen LogP contribution < -0.4 is 5.32 Å². The molecule has 0 saturated heterocycles. The number of rotatable bonds is 4. The molecular weight excluding hydrogens is 310 g/mol. The van der Waals surface area contributed by atoms with Crippen molar-refractivity contribution in [1.29, 1.82) is 0 Å². The lowest BCUT2D eigenvalue weighted by atomic mass is 10.3. The molecule has 0 saturated carbocycles. The van der Waals surface area contributed by atoms with Gasteiger partial charge in [0, 0.05) is 6.20 Å². The second-order valence-electron chi connectivity index (χ2n) is 4.75. The summed E-state index contributed by atoms with van der Waals surface area (Å²) in [7, 11) is 0. The van der Waals surface area contributed by atoms with Gasteiger partial charge in [-0.15, -0.1) is 0 Å². The summed E-state index contributed by atoms with van der Waals surface area (Å²) in [6.45, 7) is 4.70. The van der Waals surface area contributed by atoms with Crippen molar-refractivity contribution >= 4 is 29.0 Å². The molecule has 1 N–H and O–H groups in total. The summed E-state index contributed by atoms with van der Waals surface area (Å²) in [6.07, 6.45) is 1.41. The molecule has 2 aromatic heterocycles. The van der Waals surface area contributed by atoms with Crippen molar-refractivity contribution in [3.63, 3.8) is 0 Å². The van der Waals surface area contributed by atoms with E-state index in [2.05, 4.69) is 15.4 Å². The maximum absolute atomic E-state index is 12.2. The Kier molecular flexibility index (Phi) is 4.41. The summed E-state index contributed by atoms with van der Waals surface area (Å²) in [5.74, 6) is -0.0346. The van der Waals surface area contributed by atoms with E-state index in [9.17, 15) is 14.9 Å². The molecule has 0 aromatic carbocycles. The number of carbonyl (C=O) groups is 1. The molecule has 1 amide bonds. The summed E-state index contributed by atoms with van der Waals surface area (Å²) in [4.78, 5) is 26.7. The van der Waals surface area contributed by atoms with Crippen LogP contribution in [-0.2, 0) is 4.79 Å². The molecule has 116 valence electrons. The highest BCUT2D eigenvalue weighted by Crippen LogP contribution is 2.25. The molecule has 2 aromatic rings. The highest BCUT2D eigenvalue weighted by atomic mass is 35.5. The first-order chi connectivity index (χ1) is 10.3. The molecule has 0 spiro atoms. The van der Waals surface area contributed by atoms with Crippen LogP contribution in [0.2, 0.25) is 5.02 Å². The number of anilines is 1. The van der Waals surface area contributed by atoms with Gasteiger partial charge in [0.25, 0.3) is 0 Å². The number of carbonyl (C=O) groups excluding carboxylic acids is 1. The molecule has 0 bridgehead atoms. The van der Waals surface area contributed by atoms with Gasteiger partial charge < -0.3 is 5.32 Å². The lowest BCUT2D eigenvalue weighted by Gasteiger charge is -2.13. The largest absolute Gasteiger partial charge is 0.312 e. The molecule has 2 heterocycles. The van der Waals surface area contributed by atoms with Crippen molar-refractivity contribution < 1.29 is 9.72 Å². The van der Waals surface area contributed by atoms with Gasteiger partial charge in [-0.1, -0.05) is 11.6 Å². The summed E-state index contributed by atoms with van der Waals surface area (Å²) >= 11 is 5.72. The van der Waals surface area contributed by atoms with E-state index >= 15 is 0 Å². The Hall–Kier alpha value is -2.48. The summed E-state index contributed by atoms with van der Waals surface area (Å²) in [6, 6.07) is 2.45. The van der Waals surface area contributed by atoms with E-state index in [1.54, 1.807) is 26.0 Å². The van der Waals surface area contributed by atoms with Gasteiger partial charge >= 0.3 is 5.69 Å². The van der Waals surface area contributed by atoms with Crippen molar-refractivity contribution in [1.82, 2.24) is 14.8 Å². The Morgan fingerprint density at radius 1 is 1.45 bits per heavy atom. The third-order valence-corrected chi connectivity index (χ3v) is 3.42. The Morgan fingerprint density at radius 3 is 2.64 bits per heavy atom. The van der Waals surface area contributed by atoms with Crippen molar-refractivity contribution in [2.45, 2.75) is 26.8 Å². The van der Waals surface area contributed by atoms with Crippen LogP contribution in [0.25, 0.3) is 0 Å². The Morgan fingerprint density at radius 2 is 2.14 bits per heavy atom. The minimum absolute atomic E-state index is 0.0794. The smallest absolute Gasteiger partial charge is 0.309 e. The van der Waals surface area contributed by atoms with Crippen molar-refractivity contribution in [3.05, 3.63) is 44.9 Å². The molecule has 22 heavy (non-hydrogen) atoms. The number of halogens is 1. The number of aryl methyl sites for hydroxylation is 1. The molecule has 1 atom stereocenters. The Labute approximate surface area is 131 Å². The van der Waals surface area contributed by atoms with Crippen LogP contribution in [0.4, 0.5) is 11.5 Å². The minimum atomic E-state index is -0.718. The van der Waals surface area contributed by atoms with Crippen LogP contribution in [0.5, 0.6) is 0 Å². The Balaban J connectivity index is 2.22. The number of amides is 1. The number of hydrogen-bond acceptors (Lipinski definition) is 5. The summed E-state index contributed by atoms with van der Waals surface area (Å²) in [5, 5.41) is 18.2. The molecule has 8 nitrogen and oxygen atoms in total. The molecule has 0 radical (unpaired) electrons. The first-order valence-corrected chi connectivity index (χ1v) is 6.81. The fraction of sp³-hybridized carbons (Fsp3) is 0.308. The van der Waals surface area contributed by atoms with Gasteiger partial charge in [0.15, 0.2) is 0 Å². The first-order valence-electron chi connectivity index (χ1n) is 6.43. The van der Waals surface area contributed by atoms with Gasteiger partial charge in [0.1, 0.15) is 23.2 Å². The second kappa shape index (κ2) is 6.10. The Bertz CT molecular complexity index is 726. The van der Waals surface area contributed by atoms with Crippen LogP contribution in [0, 0.1) is 24.0 Å². The molecule has 0 unspecified atom stereocenters. The van der Waals surface area contributed by atoms with Gasteiger partial charge in [0.2, 0.25) is 5.91 Å². The molecule has 0 aliphatic rings. The third-order valence-electron chi connectivity index (χ3n) is 3.19. The lowest BCUT2D eigenvalue weighted by molar-refractivity contribution is -0.386. The van der Waals surface area contributed by atoms with E-state index in [1.165, 1.54) is 17.8 Å². The molecule has 2 rings (SSSR count). The number of nitro groups is 1. The van der Waals surface area contributed by atoms with Crippen molar-refractivity contribution in [3.8, 4) is 0 Å². The zero-order valence-electron chi connectivity index (χ0n) is 12.2. The van der Waals surface area contributed by atoms with Gasteiger partial charge in [-0.25, -0.2) is 4.98 Å². The first kappa shape index (κ1) is 15.9. The van der Waals surface area contributed by atoms with E-state index in [0.29, 0.717) is 16.5 Å². The fourth-order valence-corrected chi connectivity index (χ4v) is 2.20. The SMILES string of the molecule is Cc1nn([C@H](C)C(=O)Nc2ccc(Cl)cn2)c(C)c1[N+](=O)[O-]. The maximum atomic E-state index is 12.2. The monoisotopic (exact) mass is 323 g/mol. The fourth-order valence-electron chi connectivity index (χ4n) is 2.09. The van der Waals surface area contributed by atoms with E-state index in [0.717, 1.165) is 0 Å². The average Bonchev–Trinajstić information content (AvgIpc) is 2.75. The highest BCUT2D eigenvalue weighted by Gasteiger charge is 2.27. The van der Waals surface area contributed by atoms with E-state index < -0.39 is 11.0 Å². The lowest BCUT2D eigenvalue weighted by Crippen LogP contribution is -2.25. The topological polar surface area (TPSA) is 103 Å². The zero-order valence-corrected chi connectivity index (χ0v) is 13.0. The van der Waals surface area contributed by atoms with Crippen LogP contribution in [0.15, 0.2) is 18.3 Å². The van der Waals surface area contributed by atoms with Crippen LogP contribution in [0.1, 0.15) is 24.4 Å². The number of nitrogens with one attached hydrogen (secondary N) is 1. The number of aromatic nitrogens is 3. The van der Waals surface area contributed by atoms with Crippen LogP contribution in [-0.4, -0.2) is 25.6 Å². The number of pyridine rings is 1. The van der Waals surface area contributed by atoms with Gasteiger partial charge in [-0.3, -0.25) is 19.6 Å². The predicted molar refractivity (Wildman–Crippen MR) is 80.9 cm³/mol. The van der Waals surface area contributed by atoms with Crippen molar-refractivity contribution in [2.75, 3.05) is 5.32 Å². The van der Waals surface area contributed by atoms with Crippen molar-refractivity contribution in [2.24, 2.45) is 0 Å².